The van der Waals surface area contributed by atoms with Crippen molar-refractivity contribution in [3.8, 4) is 0 Å². The topological polar surface area (TPSA) is 40.5 Å². The molecule has 2 unspecified atom stereocenters. The van der Waals surface area contributed by atoms with Gasteiger partial charge in [-0.2, -0.15) is 0 Å². The van der Waals surface area contributed by atoms with Gasteiger partial charge in [-0.05, 0) is 36.3 Å². The fraction of sp³-hybridized carbons (Fsp3) is 0.533. The summed E-state index contributed by atoms with van der Waals surface area (Å²) in [7, 11) is 1.72. The molecule has 112 valence electrons. The van der Waals surface area contributed by atoms with Crippen LogP contribution in [0.3, 0.4) is 0 Å². The predicted molar refractivity (Wildman–Crippen MR) is 81.0 cm³/mol. The van der Waals surface area contributed by atoms with Gasteiger partial charge in [-0.3, -0.25) is 4.79 Å². The van der Waals surface area contributed by atoms with E-state index in [0.29, 0.717) is 6.54 Å². The van der Waals surface area contributed by atoms with Gasteiger partial charge in [-0.15, -0.1) is 11.8 Å². The van der Waals surface area contributed by atoms with Gasteiger partial charge in [-0.1, -0.05) is 19.1 Å². The van der Waals surface area contributed by atoms with Gasteiger partial charge in [0.15, 0.2) is 0 Å². The summed E-state index contributed by atoms with van der Waals surface area (Å²) in [5.74, 6) is 0.660. The lowest BCUT2D eigenvalue weighted by molar-refractivity contribution is -0.129. The van der Waals surface area contributed by atoms with Gasteiger partial charge in [0.25, 0.3) is 0 Å². The summed E-state index contributed by atoms with van der Waals surface area (Å²) in [5, 5.41) is 8.81. The van der Waals surface area contributed by atoms with Gasteiger partial charge in [0.1, 0.15) is 5.82 Å². The van der Waals surface area contributed by atoms with Crippen molar-refractivity contribution >= 4 is 17.7 Å². The van der Waals surface area contributed by atoms with E-state index in [4.69, 9.17) is 5.11 Å². The molecule has 0 saturated heterocycles. The Balaban J connectivity index is 2.49. The third-order valence-corrected chi connectivity index (χ3v) is 4.44. The smallest absolute Gasteiger partial charge is 0.235 e. The molecule has 0 aliphatic carbocycles. The highest BCUT2D eigenvalue weighted by Gasteiger charge is 2.18. The van der Waals surface area contributed by atoms with Crippen LogP contribution in [0.1, 0.15) is 19.4 Å². The number of nitrogens with zero attached hydrogens (tertiary/aromatic N) is 1. The third kappa shape index (κ3) is 5.51. The molecule has 0 radical (unpaired) electrons. The Morgan fingerprint density at radius 1 is 1.45 bits per heavy atom. The van der Waals surface area contributed by atoms with Crippen LogP contribution in [0.5, 0.6) is 0 Å². The van der Waals surface area contributed by atoms with Crippen molar-refractivity contribution in [2.45, 2.75) is 25.6 Å². The SMILES string of the molecule is CC(CO)CSC(C)C(=O)N(C)Cc1cccc(F)c1. The number of hydrogen-bond acceptors (Lipinski definition) is 3. The normalized spacial score (nSPS) is 13.8. The highest BCUT2D eigenvalue weighted by atomic mass is 32.2. The summed E-state index contributed by atoms with van der Waals surface area (Å²) in [5.41, 5.74) is 0.779. The zero-order valence-electron chi connectivity index (χ0n) is 12.2. The Hall–Kier alpha value is -1.07. The summed E-state index contributed by atoms with van der Waals surface area (Å²) in [6.07, 6.45) is 0. The molecule has 1 amide bonds. The highest BCUT2D eigenvalue weighted by Crippen LogP contribution is 2.17. The molecule has 1 aromatic rings. The van der Waals surface area contributed by atoms with E-state index in [9.17, 15) is 9.18 Å². The van der Waals surface area contributed by atoms with Crippen molar-refractivity contribution in [1.82, 2.24) is 4.90 Å². The Bertz CT molecular complexity index is 442. The average molecular weight is 299 g/mol. The molecule has 0 aromatic heterocycles. The lowest BCUT2D eigenvalue weighted by Gasteiger charge is -2.22. The molecule has 3 nitrogen and oxygen atoms in total. The van der Waals surface area contributed by atoms with Gasteiger partial charge in [0.2, 0.25) is 5.91 Å². The first-order chi connectivity index (χ1) is 9.43. The number of amides is 1. The predicted octanol–water partition coefficient (Wildman–Crippen LogP) is 2.53. The van der Waals surface area contributed by atoms with Gasteiger partial charge < -0.3 is 10.0 Å². The van der Waals surface area contributed by atoms with E-state index in [1.54, 1.807) is 24.1 Å². The Morgan fingerprint density at radius 3 is 2.75 bits per heavy atom. The minimum absolute atomic E-state index is 0.0180. The Labute approximate surface area is 124 Å². The largest absolute Gasteiger partial charge is 0.396 e. The van der Waals surface area contributed by atoms with Crippen LogP contribution in [0, 0.1) is 11.7 Å². The molecule has 20 heavy (non-hydrogen) atoms. The van der Waals surface area contributed by atoms with Crippen LogP contribution in [0.4, 0.5) is 4.39 Å². The molecule has 1 N–H and O–H groups in total. The minimum Gasteiger partial charge on any atom is -0.396 e. The Morgan fingerprint density at radius 2 is 2.15 bits per heavy atom. The molecule has 0 heterocycles. The maximum Gasteiger partial charge on any atom is 0.235 e. The van der Waals surface area contributed by atoms with Crippen molar-refractivity contribution in [1.29, 1.82) is 0 Å². The first kappa shape index (κ1) is 17.0. The highest BCUT2D eigenvalue weighted by molar-refractivity contribution is 8.00. The van der Waals surface area contributed by atoms with Crippen molar-refractivity contribution in [2.24, 2.45) is 5.92 Å². The molecule has 0 bridgehead atoms. The Kier molecular flexibility index (Phi) is 7.02. The number of benzene rings is 1. The lowest BCUT2D eigenvalue weighted by atomic mass is 10.2. The van der Waals surface area contributed by atoms with Crippen LogP contribution in [-0.4, -0.2) is 40.6 Å². The number of aliphatic hydroxyl groups is 1. The van der Waals surface area contributed by atoms with Gasteiger partial charge in [-0.25, -0.2) is 4.39 Å². The summed E-state index contributed by atoms with van der Waals surface area (Å²) < 4.78 is 13.1. The fourth-order valence-electron chi connectivity index (χ4n) is 1.73. The number of carbonyl (C=O) groups excluding carboxylic acids is 1. The standard InChI is InChI=1S/C15H22FNO2S/c1-11(9-18)10-20-12(2)15(19)17(3)8-13-5-4-6-14(16)7-13/h4-7,11-12,18H,8-10H2,1-3H3. The number of rotatable bonds is 7. The second-order valence-electron chi connectivity index (χ2n) is 5.09. The number of aliphatic hydroxyl groups excluding tert-OH is 1. The molecule has 0 saturated carbocycles. The molecule has 1 aromatic carbocycles. The van der Waals surface area contributed by atoms with Crippen LogP contribution in [0.2, 0.25) is 0 Å². The number of carbonyl (C=O) groups is 1. The van der Waals surface area contributed by atoms with Gasteiger partial charge in [0.05, 0.1) is 5.25 Å². The van der Waals surface area contributed by atoms with Crippen LogP contribution in [0.15, 0.2) is 24.3 Å². The van der Waals surface area contributed by atoms with Crippen molar-refractivity contribution < 1.29 is 14.3 Å². The zero-order valence-corrected chi connectivity index (χ0v) is 13.0. The molecule has 2 atom stereocenters. The molecule has 5 heteroatoms. The van der Waals surface area contributed by atoms with Gasteiger partial charge in [0, 0.05) is 20.2 Å². The fourth-order valence-corrected chi connectivity index (χ4v) is 2.78. The summed E-state index contributed by atoms with van der Waals surface area (Å²) in [4.78, 5) is 13.8. The number of hydrogen-bond donors (Lipinski definition) is 1. The van der Waals surface area contributed by atoms with E-state index in [0.717, 1.165) is 11.3 Å². The maximum absolute atomic E-state index is 13.1. The van der Waals surface area contributed by atoms with Crippen LogP contribution >= 0.6 is 11.8 Å². The van der Waals surface area contributed by atoms with E-state index >= 15 is 0 Å². The number of thioether (sulfide) groups is 1. The molecule has 0 spiro atoms. The summed E-state index contributed by atoms with van der Waals surface area (Å²) in [6, 6.07) is 6.28. The number of halogens is 1. The second-order valence-corrected chi connectivity index (χ2v) is 6.46. The van der Waals surface area contributed by atoms with Crippen LogP contribution in [-0.2, 0) is 11.3 Å². The molecule has 0 aliphatic rings. The van der Waals surface area contributed by atoms with Crippen molar-refractivity contribution in [2.75, 3.05) is 19.4 Å². The molecular formula is C15H22FNO2S. The summed E-state index contributed by atoms with van der Waals surface area (Å²) in [6.45, 7) is 4.34. The quantitative estimate of drug-likeness (QED) is 0.841. The van der Waals surface area contributed by atoms with E-state index < -0.39 is 0 Å². The summed E-state index contributed by atoms with van der Waals surface area (Å²) >= 11 is 1.53. The first-order valence-electron chi connectivity index (χ1n) is 6.66. The molecular weight excluding hydrogens is 277 g/mol. The van der Waals surface area contributed by atoms with Gasteiger partial charge >= 0.3 is 0 Å². The van der Waals surface area contributed by atoms with Crippen molar-refractivity contribution in [3.63, 3.8) is 0 Å². The lowest BCUT2D eigenvalue weighted by Crippen LogP contribution is -2.33. The minimum atomic E-state index is -0.289. The molecule has 0 fully saturated rings. The van der Waals surface area contributed by atoms with E-state index in [1.165, 1.54) is 23.9 Å². The van der Waals surface area contributed by atoms with Crippen LogP contribution in [0.25, 0.3) is 0 Å². The monoisotopic (exact) mass is 299 g/mol. The molecule has 0 aliphatic heterocycles. The molecule has 1 rings (SSSR count). The first-order valence-corrected chi connectivity index (χ1v) is 7.70. The second kappa shape index (κ2) is 8.27. The zero-order chi connectivity index (χ0) is 15.1. The van der Waals surface area contributed by atoms with Crippen LogP contribution < -0.4 is 0 Å². The van der Waals surface area contributed by atoms with E-state index in [1.807, 2.05) is 13.8 Å². The third-order valence-electron chi connectivity index (χ3n) is 2.98. The maximum atomic E-state index is 13.1. The van der Waals surface area contributed by atoms with Crippen molar-refractivity contribution in [3.05, 3.63) is 35.6 Å². The van der Waals surface area contributed by atoms with E-state index in [2.05, 4.69) is 0 Å². The van der Waals surface area contributed by atoms with E-state index in [-0.39, 0.29) is 29.5 Å². The average Bonchev–Trinajstić information content (AvgIpc) is 2.43.